The molecular formula is C33H49N7O14. The predicted octanol–water partition coefficient (Wildman–Crippen LogP) is -7.18. The van der Waals surface area contributed by atoms with E-state index >= 15 is 0 Å². The van der Waals surface area contributed by atoms with Crippen molar-refractivity contribution in [1.82, 2.24) is 31.1 Å². The van der Waals surface area contributed by atoms with E-state index in [1.807, 2.05) is 0 Å². The fraction of sp³-hybridized carbons (Fsp3) is 0.636. The Hall–Kier alpha value is -4.48. The minimum absolute atomic E-state index is 0.0982. The van der Waals surface area contributed by atoms with E-state index in [1.165, 1.54) is 31.2 Å². The number of hydrogen-bond acceptors (Lipinski definition) is 15. The van der Waals surface area contributed by atoms with Crippen LogP contribution in [0.15, 0.2) is 24.3 Å². The summed E-state index contributed by atoms with van der Waals surface area (Å²) >= 11 is 0. The molecule has 0 aromatic heterocycles. The average Bonchev–Trinajstić information content (AvgIpc) is 3.66. The van der Waals surface area contributed by atoms with Crippen LogP contribution in [0.4, 0.5) is 0 Å². The van der Waals surface area contributed by atoms with Gasteiger partial charge in [-0.2, -0.15) is 0 Å². The second-order valence-corrected chi connectivity index (χ2v) is 14.1. The van der Waals surface area contributed by atoms with Crippen LogP contribution in [0.3, 0.4) is 0 Å². The zero-order chi connectivity index (χ0) is 40.2. The summed E-state index contributed by atoms with van der Waals surface area (Å²) in [5, 5.41) is 93.2. The normalized spacial score (nSPS) is 34.8. The maximum absolute atomic E-state index is 13.8. The van der Waals surface area contributed by atoms with Crippen molar-refractivity contribution in [1.29, 1.82) is 0 Å². The molecule has 3 aliphatic rings. The number of aliphatic hydroxyl groups excluding tert-OH is 7. The van der Waals surface area contributed by atoms with Gasteiger partial charge in [0.25, 0.3) is 0 Å². The number of phenolic OH excluding ortho intramolecular Hbond substituents is 1. The standard InChI is InChI=1S/C33H49N7O14/c1-13-10-40-25(26(13)47)31(52)38-29(50)22(46)9-18(34)27(48)36-23(14(2)42)33(54)39-11-17(44)8-20(39)28(49)37-24(30(51)35-19(12-41)32(40)53)21(45)7-15-3-5-16(43)6-4-15/h3-6,13-14,17-26,29,41-47,50H,7-12,34H2,1-2H3,(H,35,51)(H,36,48)(H,37,49)(H,38,52)/t13-,14+,17+,18-,19-,20-,21+,22?,23-,24-,25-,26-,29?/m0/s1. The van der Waals surface area contributed by atoms with E-state index in [0.29, 0.717) is 5.56 Å². The number of nitrogens with one attached hydrogen (secondary N) is 4. The fourth-order valence-electron chi connectivity index (χ4n) is 6.73. The van der Waals surface area contributed by atoms with Crippen molar-refractivity contribution in [2.24, 2.45) is 11.7 Å². The molecule has 0 saturated carbocycles. The lowest BCUT2D eigenvalue weighted by Crippen LogP contribution is -2.63. The number of carbonyl (C=O) groups excluding carboxylic acids is 6. The Morgan fingerprint density at radius 1 is 0.796 bits per heavy atom. The molecular weight excluding hydrogens is 718 g/mol. The first-order valence-electron chi connectivity index (χ1n) is 17.4. The first-order chi connectivity index (χ1) is 25.3. The molecule has 54 heavy (non-hydrogen) atoms. The zero-order valence-corrected chi connectivity index (χ0v) is 29.6. The largest absolute Gasteiger partial charge is 0.508 e. The Morgan fingerprint density at radius 2 is 1.43 bits per heavy atom. The third-order valence-corrected chi connectivity index (χ3v) is 9.82. The number of phenols is 1. The van der Waals surface area contributed by atoms with Crippen molar-refractivity contribution in [2.45, 2.75) is 106 Å². The van der Waals surface area contributed by atoms with Crippen LogP contribution >= 0.6 is 0 Å². The van der Waals surface area contributed by atoms with E-state index in [1.54, 1.807) is 0 Å². The van der Waals surface area contributed by atoms with Crippen molar-refractivity contribution >= 4 is 35.4 Å². The number of aliphatic hydroxyl groups is 7. The SMILES string of the molecule is C[C@@H](O)[C@@H]1NC(=O)[C@@H](N)CC(O)C(O)NC(=O)[C@@H]2[C@@H](O)[C@@H](C)CN2C(=O)[C@H](CO)NC(=O)[C@H]([C@H](O)Cc2ccc(O)cc2)NC(=O)[C@@H]2C[C@@H](O)CN2C1=O. The van der Waals surface area contributed by atoms with Crippen molar-refractivity contribution < 1.29 is 69.6 Å². The number of benzene rings is 1. The molecule has 3 aliphatic heterocycles. The van der Waals surface area contributed by atoms with E-state index in [-0.39, 0.29) is 25.1 Å². The second-order valence-electron chi connectivity index (χ2n) is 14.1. The maximum Gasteiger partial charge on any atom is 0.248 e. The van der Waals surface area contributed by atoms with Gasteiger partial charge in [-0.05, 0) is 24.6 Å². The molecule has 3 heterocycles. The molecule has 21 heteroatoms. The van der Waals surface area contributed by atoms with Crippen LogP contribution in [0.2, 0.25) is 0 Å². The summed E-state index contributed by atoms with van der Waals surface area (Å²) in [6, 6.07) is -4.88. The van der Waals surface area contributed by atoms with E-state index in [9.17, 15) is 69.6 Å². The Morgan fingerprint density at radius 3 is 2.04 bits per heavy atom. The van der Waals surface area contributed by atoms with Crippen molar-refractivity contribution in [2.75, 3.05) is 19.7 Å². The third-order valence-electron chi connectivity index (χ3n) is 9.82. The lowest BCUT2D eigenvalue weighted by atomic mass is 10.00. The summed E-state index contributed by atoms with van der Waals surface area (Å²) in [5.41, 5.74) is 6.32. The quantitative estimate of drug-likeness (QED) is 0.132. The van der Waals surface area contributed by atoms with Crippen molar-refractivity contribution in [3.63, 3.8) is 0 Å². The predicted molar refractivity (Wildman–Crippen MR) is 182 cm³/mol. The number of fused-ring (bicyclic) bond motifs is 2. The summed E-state index contributed by atoms with van der Waals surface area (Å²) in [7, 11) is 0. The van der Waals surface area contributed by atoms with Crippen LogP contribution < -0.4 is 27.0 Å². The lowest BCUT2D eigenvalue weighted by Gasteiger charge is -2.32. The molecule has 3 saturated heterocycles. The van der Waals surface area contributed by atoms with Gasteiger partial charge in [0, 0.05) is 38.3 Å². The van der Waals surface area contributed by atoms with Crippen molar-refractivity contribution in [3.8, 4) is 5.75 Å². The molecule has 13 atom stereocenters. The zero-order valence-electron chi connectivity index (χ0n) is 29.6. The highest BCUT2D eigenvalue weighted by Crippen LogP contribution is 2.26. The summed E-state index contributed by atoms with van der Waals surface area (Å²) in [6.07, 6.45) is -11.6. The Labute approximate surface area is 309 Å². The molecule has 4 rings (SSSR count). The van der Waals surface area contributed by atoms with Crippen LogP contribution in [0.25, 0.3) is 0 Å². The number of hydrogen-bond donors (Lipinski definition) is 13. The molecule has 21 nitrogen and oxygen atoms in total. The molecule has 0 radical (unpaired) electrons. The number of nitrogens with zero attached hydrogens (tertiary/aromatic N) is 2. The Kier molecular flexibility index (Phi) is 13.9. The topological polar surface area (TPSA) is 345 Å². The van der Waals surface area contributed by atoms with Gasteiger partial charge >= 0.3 is 0 Å². The average molecular weight is 768 g/mol. The third kappa shape index (κ3) is 9.60. The van der Waals surface area contributed by atoms with Gasteiger partial charge in [-0.15, -0.1) is 0 Å². The minimum atomic E-state index is -2.10. The van der Waals surface area contributed by atoms with Crippen LogP contribution in [-0.2, 0) is 35.2 Å². The molecule has 1 aromatic rings. The Balaban J connectivity index is 1.75. The Bertz CT molecular complexity index is 1550. The van der Waals surface area contributed by atoms with Gasteiger partial charge in [-0.3, -0.25) is 28.8 Å². The van der Waals surface area contributed by atoms with Gasteiger partial charge in [0.05, 0.1) is 37.1 Å². The van der Waals surface area contributed by atoms with Crippen LogP contribution in [0.1, 0.15) is 32.3 Å². The number of nitrogens with two attached hydrogens (primary N) is 1. The van der Waals surface area contributed by atoms with Gasteiger partial charge < -0.3 is 77.7 Å². The molecule has 0 aliphatic carbocycles. The van der Waals surface area contributed by atoms with Crippen LogP contribution in [-0.4, -0.2) is 179 Å². The van der Waals surface area contributed by atoms with E-state index in [0.717, 1.165) is 16.7 Å². The van der Waals surface area contributed by atoms with E-state index in [2.05, 4.69) is 21.3 Å². The van der Waals surface area contributed by atoms with Gasteiger partial charge in [0.1, 0.15) is 42.1 Å². The summed E-state index contributed by atoms with van der Waals surface area (Å²) < 4.78 is 0. The van der Waals surface area contributed by atoms with Gasteiger partial charge in [0.15, 0.2) is 6.23 Å². The van der Waals surface area contributed by atoms with Gasteiger partial charge in [0.2, 0.25) is 35.4 Å². The fourth-order valence-corrected chi connectivity index (χ4v) is 6.73. The van der Waals surface area contributed by atoms with Crippen molar-refractivity contribution in [3.05, 3.63) is 29.8 Å². The van der Waals surface area contributed by atoms with Gasteiger partial charge in [-0.25, -0.2) is 0 Å². The summed E-state index contributed by atoms with van der Waals surface area (Å²) in [4.78, 5) is 83.3. The molecule has 1 aromatic carbocycles. The molecule has 14 N–H and O–H groups in total. The monoisotopic (exact) mass is 767 g/mol. The highest BCUT2D eigenvalue weighted by atomic mass is 16.3. The van der Waals surface area contributed by atoms with Crippen LogP contribution in [0.5, 0.6) is 5.75 Å². The first-order valence-corrected chi connectivity index (χ1v) is 17.4. The second kappa shape index (κ2) is 17.8. The van der Waals surface area contributed by atoms with Gasteiger partial charge in [-0.1, -0.05) is 19.1 Å². The summed E-state index contributed by atoms with van der Waals surface area (Å²) in [5.74, 6) is -7.50. The van der Waals surface area contributed by atoms with E-state index < -0.39 is 134 Å². The van der Waals surface area contributed by atoms with Crippen LogP contribution in [0, 0.1) is 5.92 Å². The molecule has 0 spiro atoms. The molecule has 2 unspecified atom stereocenters. The number of aromatic hydroxyl groups is 1. The number of rotatable bonds is 5. The maximum atomic E-state index is 13.8. The molecule has 3 fully saturated rings. The highest BCUT2D eigenvalue weighted by Gasteiger charge is 2.49. The molecule has 300 valence electrons. The summed E-state index contributed by atoms with van der Waals surface area (Å²) in [6.45, 7) is 0.855. The molecule has 0 bridgehead atoms. The number of carbonyl (C=O) groups is 6. The van der Waals surface area contributed by atoms with E-state index in [4.69, 9.17) is 5.73 Å². The minimum Gasteiger partial charge on any atom is -0.508 e. The smallest absolute Gasteiger partial charge is 0.248 e. The number of amides is 6. The lowest BCUT2D eigenvalue weighted by molar-refractivity contribution is -0.147. The highest BCUT2D eigenvalue weighted by molar-refractivity contribution is 5.97. The first kappa shape index (κ1) is 42.3. The molecule has 6 amide bonds.